The molecule has 1 aromatic rings. The molecule has 2 fully saturated rings. The first-order valence-electron chi connectivity index (χ1n) is 8.65. The SMILES string of the molecule is OC1CCCC(CNCc2c(Cl)cccc2N2CCCC2)C1. The maximum absolute atomic E-state index is 9.77. The Morgan fingerprint density at radius 2 is 2.00 bits per heavy atom. The number of aliphatic hydroxyl groups excluding tert-OH is 1. The number of nitrogens with zero attached hydrogens (tertiary/aromatic N) is 1. The highest BCUT2D eigenvalue weighted by molar-refractivity contribution is 6.31. The smallest absolute Gasteiger partial charge is 0.0543 e. The number of hydrogen-bond acceptors (Lipinski definition) is 3. The van der Waals surface area contributed by atoms with Crippen LogP contribution >= 0.6 is 11.6 Å². The fraction of sp³-hybridized carbons (Fsp3) is 0.667. The molecule has 1 saturated heterocycles. The first kappa shape index (κ1) is 16.1. The van der Waals surface area contributed by atoms with Gasteiger partial charge in [0.15, 0.2) is 0 Å². The number of benzene rings is 1. The van der Waals surface area contributed by atoms with Crippen LogP contribution in [0.3, 0.4) is 0 Å². The summed E-state index contributed by atoms with van der Waals surface area (Å²) in [6, 6.07) is 6.23. The molecule has 0 amide bonds. The molecule has 2 aliphatic rings. The third kappa shape index (κ3) is 3.95. The van der Waals surface area contributed by atoms with Crippen molar-refractivity contribution in [3.63, 3.8) is 0 Å². The van der Waals surface area contributed by atoms with E-state index in [4.69, 9.17) is 11.6 Å². The van der Waals surface area contributed by atoms with E-state index in [9.17, 15) is 5.11 Å². The molecule has 4 heteroatoms. The summed E-state index contributed by atoms with van der Waals surface area (Å²) in [5.41, 5.74) is 2.52. The van der Waals surface area contributed by atoms with Gasteiger partial charge in [-0.2, -0.15) is 0 Å². The van der Waals surface area contributed by atoms with E-state index in [2.05, 4.69) is 22.3 Å². The maximum atomic E-state index is 9.77. The Balaban J connectivity index is 1.59. The monoisotopic (exact) mass is 322 g/mol. The lowest BCUT2D eigenvalue weighted by Gasteiger charge is -2.27. The summed E-state index contributed by atoms with van der Waals surface area (Å²) in [6.45, 7) is 4.07. The van der Waals surface area contributed by atoms with Crippen LogP contribution in [0.1, 0.15) is 44.1 Å². The van der Waals surface area contributed by atoms with E-state index in [0.29, 0.717) is 5.92 Å². The van der Waals surface area contributed by atoms with Crippen LogP contribution in [0.4, 0.5) is 5.69 Å². The van der Waals surface area contributed by atoms with Crippen molar-refractivity contribution < 1.29 is 5.11 Å². The zero-order valence-electron chi connectivity index (χ0n) is 13.2. The van der Waals surface area contributed by atoms with Gasteiger partial charge < -0.3 is 15.3 Å². The van der Waals surface area contributed by atoms with Crippen LogP contribution in [0.2, 0.25) is 5.02 Å². The average Bonchev–Trinajstić information content (AvgIpc) is 3.03. The van der Waals surface area contributed by atoms with Crippen molar-refractivity contribution in [3.05, 3.63) is 28.8 Å². The van der Waals surface area contributed by atoms with Crippen LogP contribution in [-0.2, 0) is 6.54 Å². The highest BCUT2D eigenvalue weighted by Gasteiger charge is 2.21. The summed E-state index contributed by atoms with van der Waals surface area (Å²) in [4.78, 5) is 2.45. The van der Waals surface area contributed by atoms with Gasteiger partial charge in [0.25, 0.3) is 0 Å². The Morgan fingerprint density at radius 1 is 1.18 bits per heavy atom. The molecule has 1 aliphatic heterocycles. The van der Waals surface area contributed by atoms with E-state index in [1.54, 1.807) is 0 Å². The standard InChI is InChI=1S/C18H27ClN2O/c19-17-7-4-8-18(21-9-1-2-10-21)16(17)13-20-12-14-5-3-6-15(22)11-14/h4,7-8,14-15,20,22H,1-3,5-6,9-13H2. The molecule has 1 aliphatic carbocycles. The molecule has 1 aromatic carbocycles. The second-order valence-electron chi connectivity index (χ2n) is 6.75. The van der Waals surface area contributed by atoms with Gasteiger partial charge in [-0.25, -0.2) is 0 Å². The number of rotatable bonds is 5. The lowest BCUT2D eigenvalue weighted by atomic mass is 9.87. The molecule has 0 aromatic heterocycles. The van der Waals surface area contributed by atoms with Crippen LogP contribution in [0, 0.1) is 5.92 Å². The molecule has 22 heavy (non-hydrogen) atoms. The van der Waals surface area contributed by atoms with Crippen molar-refractivity contribution in [1.29, 1.82) is 0 Å². The Bertz CT molecular complexity index is 488. The number of nitrogens with one attached hydrogen (secondary N) is 1. The summed E-state index contributed by atoms with van der Waals surface area (Å²) < 4.78 is 0. The Labute approximate surface area is 138 Å². The van der Waals surface area contributed by atoms with Gasteiger partial charge in [-0.15, -0.1) is 0 Å². The van der Waals surface area contributed by atoms with Gasteiger partial charge in [0.05, 0.1) is 6.10 Å². The minimum absolute atomic E-state index is 0.0963. The van der Waals surface area contributed by atoms with E-state index in [1.807, 2.05) is 6.07 Å². The average molecular weight is 323 g/mol. The summed E-state index contributed by atoms with van der Waals surface area (Å²) in [5.74, 6) is 0.599. The second kappa shape index (κ2) is 7.67. The largest absolute Gasteiger partial charge is 0.393 e. The van der Waals surface area contributed by atoms with Crippen molar-refractivity contribution in [3.8, 4) is 0 Å². The van der Waals surface area contributed by atoms with Crippen molar-refractivity contribution >= 4 is 17.3 Å². The lowest BCUT2D eigenvalue weighted by Crippen LogP contribution is -2.29. The van der Waals surface area contributed by atoms with Crippen molar-refractivity contribution in [2.75, 3.05) is 24.5 Å². The summed E-state index contributed by atoms with van der Waals surface area (Å²) >= 11 is 6.45. The van der Waals surface area contributed by atoms with Gasteiger partial charge in [-0.05, 0) is 56.7 Å². The Morgan fingerprint density at radius 3 is 2.77 bits per heavy atom. The van der Waals surface area contributed by atoms with E-state index in [-0.39, 0.29) is 6.10 Å². The van der Waals surface area contributed by atoms with E-state index in [1.165, 1.54) is 30.5 Å². The minimum Gasteiger partial charge on any atom is -0.393 e. The van der Waals surface area contributed by atoms with Crippen LogP contribution in [-0.4, -0.2) is 30.8 Å². The van der Waals surface area contributed by atoms with Crippen molar-refractivity contribution in [2.24, 2.45) is 5.92 Å². The van der Waals surface area contributed by atoms with Crippen LogP contribution in [0.5, 0.6) is 0 Å². The third-order valence-corrected chi connectivity index (χ3v) is 5.38. The second-order valence-corrected chi connectivity index (χ2v) is 7.16. The predicted octanol–water partition coefficient (Wildman–Crippen LogP) is 3.58. The molecule has 1 saturated carbocycles. The summed E-state index contributed by atoms with van der Waals surface area (Å²) in [7, 11) is 0. The Hall–Kier alpha value is -0.770. The van der Waals surface area contributed by atoms with Gasteiger partial charge in [-0.3, -0.25) is 0 Å². The molecule has 0 bridgehead atoms. The fourth-order valence-corrected chi connectivity index (χ4v) is 4.06. The van der Waals surface area contributed by atoms with Gasteiger partial charge in [0.1, 0.15) is 0 Å². The van der Waals surface area contributed by atoms with Crippen LogP contribution in [0.15, 0.2) is 18.2 Å². The highest BCUT2D eigenvalue weighted by atomic mass is 35.5. The molecule has 2 N–H and O–H groups in total. The van der Waals surface area contributed by atoms with E-state index >= 15 is 0 Å². The summed E-state index contributed by atoms with van der Waals surface area (Å²) in [5, 5.41) is 14.2. The predicted molar refractivity (Wildman–Crippen MR) is 92.6 cm³/mol. The zero-order valence-corrected chi connectivity index (χ0v) is 14.0. The quantitative estimate of drug-likeness (QED) is 0.869. The van der Waals surface area contributed by atoms with Crippen LogP contribution < -0.4 is 10.2 Å². The number of aliphatic hydroxyl groups is 1. The van der Waals surface area contributed by atoms with Crippen molar-refractivity contribution in [1.82, 2.24) is 5.32 Å². The molecule has 3 rings (SSSR count). The maximum Gasteiger partial charge on any atom is 0.0543 e. The van der Waals surface area contributed by atoms with Crippen molar-refractivity contribution in [2.45, 2.75) is 51.2 Å². The number of anilines is 1. The highest BCUT2D eigenvalue weighted by Crippen LogP contribution is 2.30. The molecule has 2 unspecified atom stereocenters. The first-order chi connectivity index (χ1) is 10.7. The number of halogens is 1. The molecular formula is C18H27ClN2O. The van der Waals surface area contributed by atoms with Gasteiger partial charge in [-0.1, -0.05) is 24.1 Å². The molecule has 122 valence electrons. The fourth-order valence-electron chi connectivity index (χ4n) is 3.83. The topological polar surface area (TPSA) is 35.5 Å². The zero-order chi connectivity index (χ0) is 15.4. The molecule has 2 atom stereocenters. The lowest BCUT2D eigenvalue weighted by molar-refractivity contribution is 0.101. The molecule has 3 nitrogen and oxygen atoms in total. The molecule has 0 spiro atoms. The first-order valence-corrected chi connectivity index (χ1v) is 9.03. The molecule has 0 radical (unpaired) electrons. The minimum atomic E-state index is -0.0963. The van der Waals surface area contributed by atoms with E-state index < -0.39 is 0 Å². The van der Waals surface area contributed by atoms with Gasteiger partial charge in [0.2, 0.25) is 0 Å². The van der Waals surface area contributed by atoms with Crippen LogP contribution in [0.25, 0.3) is 0 Å². The third-order valence-electron chi connectivity index (χ3n) is 5.03. The van der Waals surface area contributed by atoms with Gasteiger partial charge in [0, 0.05) is 35.9 Å². The Kier molecular flexibility index (Phi) is 5.61. The van der Waals surface area contributed by atoms with Gasteiger partial charge >= 0.3 is 0 Å². The summed E-state index contributed by atoms with van der Waals surface area (Å²) in [6.07, 6.45) is 6.75. The molecular weight excluding hydrogens is 296 g/mol. The molecule has 1 heterocycles. The normalized spacial score (nSPS) is 25.6. The van der Waals surface area contributed by atoms with E-state index in [0.717, 1.165) is 50.5 Å². The number of hydrogen-bond donors (Lipinski definition) is 2.